The average molecular weight is 231 g/mol. The van der Waals surface area contributed by atoms with Crippen molar-refractivity contribution in [2.75, 3.05) is 13.1 Å². The average Bonchev–Trinajstić information content (AvgIpc) is 2.24. The van der Waals surface area contributed by atoms with E-state index in [-0.39, 0.29) is 17.9 Å². The Kier molecular flexibility index (Phi) is 3.56. The summed E-state index contributed by atoms with van der Waals surface area (Å²) in [6.07, 6.45) is 0. The number of hydrogen-bond acceptors (Lipinski definition) is 2. The highest BCUT2D eigenvalue weighted by molar-refractivity contribution is 6.87. The number of hydrogen-bond donors (Lipinski definition) is 0. The zero-order chi connectivity index (χ0) is 10.2. The first kappa shape index (κ1) is 11.6. The minimum Gasteiger partial charge on any atom is -0.334 e. The van der Waals surface area contributed by atoms with Crippen LogP contribution >= 0.6 is 0 Å². The van der Waals surface area contributed by atoms with E-state index in [2.05, 4.69) is 47.7 Å². The second-order valence-electron chi connectivity index (χ2n) is 4.69. The fraction of sp³-hybridized carbons (Fsp3) is 1.00. The van der Waals surface area contributed by atoms with Crippen LogP contribution in [-0.4, -0.2) is 47.9 Å². The van der Waals surface area contributed by atoms with Crippen LogP contribution in [0.15, 0.2) is 0 Å². The first-order valence-corrected chi connectivity index (χ1v) is 12.8. The third kappa shape index (κ3) is 2.15. The van der Waals surface area contributed by atoms with Crippen molar-refractivity contribution in [3.8, 4) is 0 Å². The lowest BCUT2D eigenvalue weighted by Gasteiger charge is -2.39. The predicted molar refractivity (Wildman–Crippen MR) is 65.9 cm³/mol. The van der Waals surface area contributed by atoms with E-state index >= 15 is 0 Å². The van der Waals surface area contributed by atoms with Crippen molar-refractivity contribution in [2.24, 2.45) is 0 Å². The van der Waals surface area contributed by atoms with Gasteiger partial charge in [0, 0.05) is 0 Å². The third-order valence-electron chi connectivity index (χ3n) is 2.95. The van der Waals surface area contributed by atoms with Gasteiger partial charge in [0.05, 0.1) is 0 Å². The van der Waals surface area contributed by atoms with Crippen LogP contribution in [0.5, 0.6) is 0 Å². The molecule has 5 heteroatoms. The number of rotatable bonds is 2. The Morgan fingerprint density at radius 1 is 0.846 bits per heavy atom. The zero-order valence-corrected chi connectivity index (χ0v) is 12.8. The Bertz CT molecular complexity index is 164. The molecule has 0 aromatic carbocycles. The van der Waals surface area contributed by atoms with Crippen molar-refractivity contribution >= 4 is 26.3 Å². The molecule has 0 aromatic rings. The highest BCUT2D eigenvalue weighted by atomic mass is 28.4. The lowest BCUT2D eigenvalue weighted by molar-refractivity contribution is 0.671. The fourth-order valence-corrected chi connectivity index (χ4v) is 14.9. The second kappa shape index (κ2) is 3.98. The first-order chi connectivity index (χ1) is 5.87. The maximum absolute atomic E-state index is 2.84. The van der Waals surface area contributed by atoms with Crippen molar-refractivity contribution in [3.63, 3.8) is 0 Å². The standard InChI is InChI=1S/C8H22N2Si3/c1-11(2)9-7-8-10(12(3)4)13(9,5)6/h7-8H2,1-6H3. The molecule has 0 unspecified atom stereocenters. The van der Waals surface area contributed by atoms with Gasteiger partial charge in [0.2, 0.25) is 0 Å². The second-order valence-corrected chi connectivity index (χ2v) is 14.5. The van der Waals surface area contributed by atoms with Gasteiger partial charge in [-0.05, 0) is 26.2 Å². The van der Waals surface area contributed by atoms with Crippen LogP contribution in [-0.2, 0) is 0 Å². The molecule has 0 N–H and O–H groups in total. The number of nitrogens with zero attached hydrogens (tertiary/aromatic N) is 2. The molecule has 1 heterocycles. The smallest absolute Gasteiger partial charge is 0.187 e. The summed E-state index contributed by atoms with van der Waals surface area (Å²) in [5.41, 5.74) is 0. The molecule has 1 aliphatic heterocycles. The Morgan fingerprint density at radius 3 is 1.31 bits per heavy atom. The van der Waals surface area contributed by atoms with E-state index in [0.29, 0.717) is 0 Å². The van der Waals surface area contributed by atoms with Crippen LogP contribution in [0.4, 0.5) is 0 Å². The third-order valence-corrected chi connectivity index (χ3v) is 14.6. The first-order valence-electron chi connectivity index (χ1n) is 5.03. The van der Waals surface area contributed by atoms with Crippen LogP contribution in [0.2, 0.25) is 39.3 Å². The molecular formula is C8H22N2Si3. The van der Waals surface area contributed by atoms with Gasteiger partial charge < -0.3 is 8.46 Å². The van der Waals surface area contributed by atoms with Gasteiger partial charge in [-0.3, -0.25) is 0 Å². The van der Waals surface area contributed by atoms with E-state index in [9.17, 15) is 0 Å². The topological polar surface area (TPSA) is 6.48 Å². The monoisotopic (exact) mass is 230 g/mol. The van der Waals surface area contributed by atoms with Crippen molar-refractivity contribution in [2.45, 2.75) is 39.3 Å². The molecule has 13 heavy (non-hydrogen) atoms. The summed E-state index contributed by atoms with van der Waals surface area (Å²) in [5.74, 6) is 0. The summed E-state index contributed by atoms with van der Waals surface area (Å²) in [5, 5.41) is 0. The van der Waals surface area contributed by atoms with E-state index in [1.807, 2.05) is 0 Å². The molecule has 2 radical (unpaired) electrons. The molecular weight excluding hydrogens is 208 g/mol. The molecule has 2 nitrogen and oxygen atoms in total. The lowest BCUT2D eigenvalue weighted by atomic mass is 10.7. The summed E-state index contributed by atoms with van der Waals surface area (Å²) in [6, 6.07) is 0. The highest BCUT2D eigenvalue weighted by Gasteiger charge is 2.43. The van der Waals surface area contributed by atoms with Gasteiger partial charge in [0.15, 0.2) is 8.40 Å². The van der Waals surface area contributed by atoms with Crippen molar-refractivity contribution < 1.29 is 0 Å². The van der Waals surface area contributed by atoms with Gasteiger partial charge in [0.1, 0.15) is 17.9 Å². The molecule has 1 rings (SSSR count). The minimum atomic E-state index is -1.17. The minimum absolute atomic E-state index is 0.215. The normalized spacial score (nSPS) is 24.9. The van der Waals surface area contributed by atoms with Gasteiger partial charge in [-0.2, -0.15) is 0 Å². The van der Waals surface area contributed by atoms with Crippen molar-refractivity contribution in [3.05, 3.63) is 0 Å². The van der Waals surface area contributed by atoms with E-state index in [0.717, 1.165) is 0 Å². The molecule has 0 atom stereocenters. The Labute approximate surface area is 87.5 Å². The lowest BCUT2D eigenvalue weighted by Crippen LogP contribution is -2.60. The molecule has 1 fully saturated rings. The molecule has 0 amide bonds. The Hall–Kier alpha value is 0.571. The van der Waals surface area contributed by atoms with Crippen LogP contribution in [0.1, 0.15) is 0 Å². The maximum Gasteiger partial charge on any atom is 0.187 e. The molecule has 1 saturated heterocycles. The van der Waals surface area contributed by atoms with Gasteiger partial charge >= 0.3 is 0 Å². The molecule has 0 saturated carbocycles. The predicted octanol–water partition coefficient (Wildman–Crippen LogP) is 1.81. The SMILES string of the molecule is C[Si](C)N1CCN([Si](C)C)[Si]1(C)C. The summed E-state index contributed by atoms with van der Waals surface area (Å²) in [6.45, 7) is 17.5. The van der Waals surface area contributed by atoms with Gasteiger partial charge in [-0.1, -0.05) is 26.2 Å². The van der Waals surface area contributed by atoms with E-state index in [4.69, 9.17) is 0 Å². The summed E-state index contributed by atoms with van der Waals surface area (Å²) < 4.78 is 5.69. The quantitative estimate of drug-likeness (QED) is 0.668. The Balaban J connectivity index is 2.76. The summed E-state index contributed by atoms with van der Waals surface area (Å²) in [7, 11) is -1.60. The van der Waals surface area contributed by atoms with E-state index in [1.54, 1.807) is 0 Å². The Morgan fingerprint density at radius 2 is 1.15 bits per heavy atom. The zero-order valence-electron chi connectivity index (χ0n) is 9.81. The van der Waals surface area contributed by atoms with Crippen molar-refractivity contribution in [1.82, 2.24) is 8.46 Å². The van der Waals surface area contributed by atoms with Crippen LogP contribution in [0.25, 0.3) is 0 Å². The van der Waals surface area contributed by atoms with E-state index in [1.165, 1.54) is 13.1 Å². The van der Waals surface area contributed by atoms with Crippen molar-refractivity contribution in [1.29, 1.82) is 0 Å². The summed E-state index contributed by atoms with van der Waals surface area (Å²) >= 11 is 0. The molecule has 0 spiro atoms. The van der Waals surface area contributed by atoms with Crippen LogP contribution in [0, 0.1) is 0 Å². The molecule has 1 aliphatic rings. The molecule has 0 aliphatic carbocycles. The molecule has 76 valence electrons. The van der Waals surface area contributed by atoms with E-state index < -0.39 is 8.40 Å². The van der Waals surface area contributed by atoms with Crippen LogP contribution < -0.4 is 0 Å². The van der Waals surface area contributed by atoms with Crippen LogP contribution in [0.3, 0.4) is 0 Å². The molecule has 0 bridgehead atoms. The largest absolute Gasteiger partial charge is 0.334 e. The van der Waals surface area contributed by atoms with Gasteiger partial charge in [-0.15, -0.1) is 0 Å². The maximum atomic E-state index is 2.84. The summed E-state index contributed by atoms with van der Waals surface area (Å²) in [4.78, 5) is 0. The van der Waals surface area contributed by atoms with Gasteiger partial charge in [0.25, 0.3) is 0 Å². The highest BCUT2D eigenvalue weighted by Crippen LogP contribution is 2.24. The van der Waals surface area contributed by atoms with Gasteiger partial charge in [-0.25, -0.2) is 0 Å². The fourth-order valence-electron chi connectivity index (χ4n) is 2.43. The molecule has 0 aromatic heterocycles.